The van der Waals surface area contributed by atoms with Crippen molar-refractivity contribution < 1.29 is 23.1 Å². The van der Waals surface area contributed by atoms with E-state index >= 15 is 0 Å². The van der Waals surface area contributed by atoms with Crippen LogP contribution in [-0.2, 0) is 9.84 Å². The maximum atomic E-state index is 11.6. The molecule has 0 aliphatic heterocycles. The van der Waals surface area contributed by atoms with E-state index in [9.17, 15) is 13.2 Å². The predicted molar refractivity (Wildman–Crippen MR) is 74.9 cm³/mol. The van der Waals surface area contributed by atoms with Crippen molar-refractivity contribution in [3.63, 3.8) is 0 Å². The topological polar surface area (TPSA) is 80.7 Å². The van der Waals surface area contributed by atoms with Crippen molar-refractivity contribution in [1.29, 1.82) is 0 Å². The number of carboxylic acid groups (broad SMARTS) is 1. The van der Waals surface area contributed by atoms with Gasteiger partial charge in [-0.1, -0.05) is 0 Å². The van der Waals surface area contributed by atoms with Crippen molar-refractivity contribution in [2.45, 2.75) is 37.0 Å². The molecule has 1 N–H and O–H groups in total. The number of sulfone groups is 1. The van der Waals surface area contributed by atoms with Gasteiger partial charge in [-0.3, -0.25) is 0 Å². The van der Waals surface area contributed by atoms with Crippen LogP contribution in [0.1, 0.15) is 36.0 Å². The monoisotopic (exact) mass is 298 g/mol. The summed E-state index contributed by atoms with van der Waals surface area (Å²) in [6.45, 7) is 0. The molecule has 1 saturated carbocycles. The van der Waals surface area contributed by atoms with E-state index in [0.29, 0.717) is 18.6 Å². The van der Waals surface area contributed by atoms with Crippen LogP contribution in [0, 0.1) is 0 Å². The van der Waals surface area contributed by atoms with Crippen LogP contribution < -0.4 is 4.74 Å². The molecule has 0 radical (unpaired) electrons. The molecule has 6 heteroatoms. The van der Waals surface area contributed by atoms with Gasteiger partial charge in [-0.05, 0) is 43.5 Å². The minimum Gasteiger partial charge on any atom is -0.490 e. The Hall–Kier alpha value is -1.56. The Morgan fingerprint density at radius 3 is 2.45 bits per heavy atom. The number of benzene rings is 1. The lowest BCUT2D eigenvalue weighted by molar-refractivity contribution is 0.0697. The molecule has 0 saturated heterocycles. The molecule has 2 unspecified atom stereocenters. The van der Waals surface area contributed by atoms with Gasteiger partial charge in [-0.25, -0.2) is 13.2 Å². The number of ether oxygens (including phenoxy) is 1. The van der Waals surface area contributed by atoms with Crippen molar-refractivity contribution in [3.05, 3.63) is 29.8 Å². The number of aromatic carboxylic acids is 1. The normalized spacial score (nSPS) is 23.2. The van der Waals surface area contributed by atoms with Crippen LogP contribution in [0.2, 0.25) is 0 Å². The average molecular weight is 298 g/mol. The predicted octanol–water partition coefficient (Wildman–Crippen LogP) is 2.12. The average Bonchev–Trinajstić information content (AvgIpc) is 2.38. The maximum absolute atomic E-state index is 11.6. The van der Waals surface area contributed by atoms with Gasteiger partial charge in [0.2, 0.25) is 0 Å². The number of rotatable bonds is 4. The fourth-order valence-corrected chi connectivity index (χ4v) is 3.63. The fourth-order valence-electron chi connectivity index (χ4n) is 2.47. The summed E-state index contributed by atoms with van der Waals surface area (Å²) in [5.74, 6) is -0.402. The summed E-state index contributed by atoms with van der Waals surface area (Å²) in [5.41, 5.74) is 0.204. The van der Waals surface area contributed by atoms with E-state index in [4.69, 9.17) is 9.84 Å². The first kappa shape index (κ1) is 14.8. The third-order valence-electron chi connectivity index (χ3n) is 3.59. The minimum absolute atomic E-state index is 0.126. The molecule has 5 nitrogen and oxygen atoms in total. The summed E-state index contributed by atoms with van der Waals surface area (Å²) in [5, 5.41) is 8.48. The Balaban J connectivity index is 2.01. The summed E-state index contributed by atoms with van der Waals surface area (Å²) in [7, 11) is -3.03. The third-order valence-corrected chi connectivity index (χ3v) is 5.23. The smallest absolute Gasteiger partial charge is 0.335 e. The number of hydrogen-bond acceptors (Lipinski definition) is 4. The summed E-state index contributed by atoms with van der Waals surface area (Å²) in [6, 6.07) is 6.17. The van der Waals surface area contributed by atoms with E-state index in [-0.39, 0.29) is 16.9 Å². The maximum Gasteiger partial charge on any atom is 0.335 e. The van der Waals surface area contributed by atoms with Gasteiger partial charge >= 0.3 is 5.97 Å². The van der Waals surface area contributed by atoms with Crippen molar-refractivity contribution in [3.8, 4) is 5.75 Å². The Bertz CT molecular complexity index is 576. The van der Waals surface area contributed by atoms with Gasteiger partial charge in [0.05, 0.1) is 16.9 Å². The second kappa shape index (κ2) is 5.83. The molecule has 0 bridgehead atoms. The molecule has 1 aromatic carbocycles. The van der Waals surface area contributed by atoms with E-state index in [2.05, 4.69) is 0 Å². The highest BCUT2D eigenvalue weighted by molar-refractivity contribution is 7.91. The number of carboxylic acids is 1. The van der Waals surface area contributed by atoms with E-state index in [0.717, 1.165) is 12.8 Å². The lowest BCUT2D eigenvalue weighted by atomic mass is 9.97. The van der Waals surface area contributed by atoms with Crippen LogP contribution in [0.3, 0.4) is 0 Å². The lowest BCUT2D eigenvalue weighted by Crippen LogP contribution is -2.33. The van der Waals surface area contributed by atoms with Gasteiger partial charge in [0.25, 0.3) is 0 Å². The Morgan fingerprint density at radius 1 is 1.25 bits per heavy atom. The second-order valence-electron chi connectivity index (χ2n) is 5.19. The van der Waals surface area contributed by atoms with Crippen LogP contribution in [0.15, 0.2) is 24.3 Å². The highest BCUT2D eigenvalue weighted by Crippen LogP contribution is 2.27. The molecule has 2 rings (SSSR count). The van der Waals surface area contributed by atoms with Gasteiger partial charge < -0.3 is 9.84 Å². The zero-order valence-electron chi connectivity index (χ0n) is 11.3. The van der Waals surface area contributed by atoms with Crippen LogP contribution in [0.25, 0.3) is 0 Å². The molecule has 0 aromatic heterocycles. The summed E-state index contributed by atoms with van der Waals surface area (Å²) in [6.07, 6.45) is 3.99. The summed E-state index contributed by atoms with van der Waals surface area (Å²) in [4.78, 5) is 10.7. The first-order valence-electron chi connectivity index (χ1n) is 6.55. The molecule has 1 aliphatic carbocycles. The molecule has 110 valence electrons. The zero-order valence-corrected chi connectivity index (χ0v) is 12.1. The van der Waals surface area contributed by atoms with Crippen molar-refractivity contribution in [2.75, 3.05) is 6.26 Å². The molecule has 0 spiro atoms. The van der Waals surface area contributed by atoms with E-state index in [1.54, 1.807) is 12.1 Å². The van der Waals surface area contributed by atoms with Crippen LogP contribution >= 0.6 is 0 Å². The molecular formula is C14H18O5S. The van der Waals surface area contributed by atoms with Crippen molar-refractivity contribution in [2.24, 2.45) is 0 Å². The summed E-state index contributed by atoms with van der Waals surface area (Å²) >= 11 is 0. The standard InChI is InChI=1S/C14H18O5S/c1-20(17,18)13-4-2-3-12(9-13)19-11-7-5-10(6-8-11)14(15)16/h5-8,12-13H,2-4,9H2,1H3,(H,15,16). The van der Waals surface area contributed by atoms with Gasteiger partial charge in [-0.15, -0.1) is 0 Å². The molecule has 2 atom stereocenters. The van der Waals surface area contributed by atoms with Crippen LogP contribution in [0.5, 0.6) is 5.75 Å². The zero-order chi connectivity index (χ0) is 14.8. The molecular weight excluding hydrogens is 280 g/mol. The fraction of sp³-hybridized carbons (Fsp3) is 0.500. The number of carbonyl (C=O) groups is 1. The second-order valence-corrected chi connectivity index (χ2v) is 7.51. The van der Waals surface area contributed by atoms with Crippen molar-refractivity contribution in [1.82, 2.24) is 0 Å². The highest BCUT2D eigenvalue weighted by Gasteiger charge is 2.29. The Labute approximate surface area is 118 Å². The third kappa shape index (κ3) is 3.72. The first-order valence-corrected chi connectivity index (χ1v) is 8.50. The SMILES string of the molecule is CS(=O)(=O)C1CCCC(Oc2ccc(C(=O)O)cc2)C1. The molecule has 20 heavy (non-hydrogen) atoms. The van der Waals surface area contributed by atoms with Crippen LogP contribution in [-0.4, -0.2) is 37.1 Å². The van der Waals surface area contributed by atoms with Gasteiger partial charge in [0.15, 0.2) is 0 Å². The van der Waals surface area contributed by atoms with E-state index in [1.807, 2.05) is 0 Å². The minimum atomic E-state index is -3.03. The Kier molecular flexibility index (Phi) is 4.32. The molecule has 1 aromatic rings. The highest BCUT2D eigenvalue weighted by atomic mass is 32.2. The first-order chi connectivity index (χ1) is 9.36. The molecule has 1 fully saturated rings. The largest absolute Gasteiger partial charge is 0.490 e. The van der Waals surface area contributed by atoms with Gasteiger partial charge in [0.1, 0.15) is 15.6 Å². The van der Waals surface area contributed by atoms with Crippen molar-refractivity contribution >= 4 is 15.8 Å². The quantitative estimate of drug-likeness (QED) is 0.921. The van der Waals surface area contributed by atoms with E-state index in [1.165, 1.54) is 18.4 Å². The lowest BCUT2D eigenvalue weighted by Gasteiger charge is -2.28. The molecule has 1 aliphatic rings. The summed E-state index contributed by atoms with van der Waals surface area (Å²) < 4.78 is 28.9. The van der Waals surface area contributed by atoms with Gasteiger partial charge in [-0.2, -0.15) is 0 Å². The molecule has 0 heterocycles. The van der Waals surface area contributed by atoms with E-state index < -0.39 is 15.8 Å². The van der Waals surface area contributed by atoms with Crippen LogP contribution in [0.4, 0.5) is 0 Å². The number of hydrogen-bond donors (Lipinski definition) is 1. The van der Waals surface area contributed by atoms with Gasteiger partial charge in [0, 0.05) is 12.7 Å². The Morgan fingerprint density at radius 2 is 1.90 bits per heavy atom. The molecule has 0 amide bonds.